The first-order valence-corrected chi connectivity index (χ1v) is 8.75. The second kappa shape index (κ2) is 7.39. The first kappa shape index (κ1) is 17.2. The van der Waals surface area contributed by atoms with Crippen molar-refractivity contribution < 1.29 is 13.2 Å². The van der Waals surface area contributed by atoms with Crippen LogP contribution >= 0.6 is 0 Å². The first-order chi connectivity index (χ1) is 10.9. The molecule has 0 aliphatic rings. The summed E-state index contributed by atoms with van der Waals surface area (Å²) in [5, 5.41) is 2.50. The molecule has 2 aromatic rings. The van der Waals surface area contributed by atoms with E-state index in [2.05, 4.69) is 10.0 Å². The summed E-state index contributed by atoms with van der Waals surface area (Å²) in [6.45, 7) is 1.88. The van der Waals surface area contributed by atoms with E-state index in [1.165, 1.54) is 19.2 Å². The summed E-state index contributed by atoms with van der Waals surface area (Å²) in [4.78, 5) is 12.2. The third-order valence-corrected chi connectivity index (χ3v) is 4.96. The Morgan fingerprint density at radius 3 is 2.22 bits per heavy atom. The van der Waals surface area contributed by atoms with Crippen LogP contribution in [0.4, 0.5) is 0 Å². The summed E-state index contributed by atoms with van der Waals surface area (Å²) in [7, 11) is -2.28. The zero-order valence-corrected chi connectivity index (χ0v) is 13.9. The summed E-state index contributed by atoms with van der Waals surface area (Å²) in [6, 6.07) is 14.9. The molecule has 0 heterocycles. The lowest BCUT2D eigenvalue weighted by atomic mass is 10.1. The molecule has 1 amide bonds. The van der Waals surface area contributed by atoms with Crippen LogP contribution in [0.3, 0.4) is 0 Å². The number of carbonyl (C=O) groups excluding carboxylic acids is 1. The number of sulfonamides is 1. The number of carbonyl (C=O) groups is 1. The van der Waals surface area contributed by atoms with Gasteiger partial charge in [-0.3, -0.25) is 4.79 Å². The Balaban J connectivity index is 2.23. The van der Waals surface area contributed by atoms with Gasteiger partial charge in [0.2, 0.25) is 15.9 Å². The Labute approximate surface area is 136 Å². The normalized spacial score (nSPS) is 12.6. The van der Waals surface area contributed by atoms with Crippen LogP contribution in [0.1, 0.15) is 11.1 Å². The van der Waals surface area contributed by atoms with Gasteiger partial charge in [-0.05, 0) is 31.0 Å². The van der Waals surface area contributed by atoms with E-state index in [4.69, 9.17) is 0 Å². The van der Waals surface area contributed by atoms with Crippen LogP contribution in [-0.4, -0.2) is 27.4 Å². The van der Waals surface area contributed by atoms with Crippen LogP contribution in [0.2, 0.25) is 0 Å². The molecule has 0 spiro atoms. The largest absolute Gasteiger partial charge is 0.358 e. The molecule has 0 aromatic heterocycles. The SMILES string of the molecule is CNC(=O)[C@H](Cc1ccccc1)NS(=O)(=O)c1ccc(C)cc1. The van der Waals surface area contributed by atoms with E-state index < -0.39 is 16.1 Å². The van der Waals surface area contributed by atoms with Crippen LogP contribution in [0, 0.1) is 6.92 Å². The summed E-state index contributed by atoms with van der Waals surface area (Å²) in [6.07, 6.45) is 0.283. The predicted octanol–water partition coefficient (Wildman–Crippen LogP) is 1.63. The number of amides is 1. The van der Waals surface area contributed by atoms with Crippen molar-refractivity contribution in [1.29, 1.82) is 0 Å². The van der Waals surface area contributed by atoms with Crippen LogP contribution in [0.25, 0.3) is 0 Å². The van der Waals surface area contributed by atoms with Crippen molar-refractivity contribution in [1.82, 2.24) is 10.0 Å². The van der Waals surface area contributed by atoms with Gasteiger partial charge in [-0.1, -0.05) is 48.0 Å². The molecule has 2 aromatic carbocycles. The van der Waals surface area contributed by atoms with Crippen molar-refractivity contribution >= 4 is 15.9 Å². The number of hydrogen-bond acceptors (Lipinski definition) is 3. The Morgan fingerprint density at radius 2 is 1.65 bits per heavy atom. The van der Waals surface area contributed by atoms with Gasteiger partial charge in [-0.2, -0.15) is 4.72 Å². The number of benzene rings is 2. The van der Waals surface area contributed by atoms with Gasteiger partial charge in [0.25, 0.3) is 0 Å². The highest BCUT2D eigenvalue weighted by Gasteiger charge is 2.25. The third-order valence-electron chi connectivity index (χ3n) is 3.47. The molecule has 0 unspecified atom stereocenters. The van der Waals surface area contributed by atoms with Crippen molar-refractivity contribution in [2.45, 2.75) is 24.3 Å². The minimum absolute atomic E-state index is 0.144. The van der Waals surface area contributed by atoms with Gasteiger partial charge in [0.05, 0.1) is 4.90 Å². The molecule has 0 aliphatic heterocycles. The van der Waals surface area contributed by atoms with Gasteiger partial charge in [-0.15, -0.1) is 0 Å². The molecular formula is C17H20N2O3S. The van der Waals surface area contributed by atoms with Gasteiger partial charge in [0, 0.05) is 7.05 Å². The van der Waals surface area contributed by atoms with Crippen LogP contribution < -0.4 is 10.0 Å². The summed E-state index contributed by atoms with van der Waals surface area (Å²) in [5.41, 5.74) is 1.85. The quantitative estimate of drug-likeness (QED) is 0.844. The maximum absolute atomic E-state index is 12.5. The lowest BCUT2D eigenvalue weighted by molar-refractivity contribution is -0.122. The topological polar surface area (TPSA) is 75.3 Å². The summed E-state index contributed by atoms with van der Waals surface area (Å²) < 4.78 is 27.4. The number of rotatable bonds is 6. The van der Waals surface area contributed by atoms with Gasteiger partial charge in [0.1, 0.15) is 6.04 Å². The maximum atomic E-state index is 12.5. The zero-order valence-electron chi connectivity index (χ0n) is 13.1. The van der Waals surface area contributed by atoms with Crippen LogP contribution in [-0.2, 0) is 21.2 Å². The standard InChI is InChI=1S/C17H20N2O3S/c1-13-8-10-15(11-9-13)23(21,22)19-16(17(20)18-2)12-14-6-4-3-5-7-14/h3-11,16,19H,12H2,1-2H3,(H,18,20)/t16-/m0/s1. The lowest BCUT2D eigenvalue weighted by Gasteiger charge is -2.17. The van der Waals surface area contributed by atoms with E-state index >= 15 is 0 Å². The minimum atomic E-state index is -3.76. The van der Waals surface area contributed by atoms with Crippen molar-refractivity contribution in [3.63, 3.8) is 0 Å². The molecule has 0 fully saturated rings. The maximum Gasteiger partial charge on any atom is 0.241 e. The molecule has 2 N–H and O–H groups in total. The van der Waals surface area contributed by atoms with E-state index in [1.54, 1.807) is 12.1 Å². The molecule has 0 aliphatic carbocycles. The van der Waals surface area contributed by atoms with E-state index in [-0.39, 0.29) is 17.2 Å². The molecule has 1 atom stereocenters. The molecule has 122 valence electrons. The van der Waals surface area contributed by atoms with E-state index in [1.807, 2.05) is 37.3 Å². The zero-order chi connectivity index (χ0) is 16.9. The molecule has 5 nitrogen and oxygen atoms in total. The fourth-order valence-corrected chi connectivity index (χ4v) is 3.38. The highest BCUT2D eigenvalue weighted by atomic mass is 32.2. The second-order valence-corrected chi connectivity index (χ2v) is 7.00. The van der Waals surface area contributed by atoms with Crippen molar-refractivity contribution in [2.24, 2.45) is 0 Å². The number of likely N-dealkylation sites (N-methyl/N-ethyl adjacent to an activating group) is 1. The molecule has 23 heavy (non-hydrogen) atoms. The fourth-order valence-electron chi connectivity index (χ4n) is 2.18. The van der Waals surface area contributed by atoms with E-state index in [0.717, 1.165) is 11.1 Å². The molecule has 6 heteroatoms. The van der Waals surface area contributed by atoms with Gasteiger partial charge in [-0.25, -0.2) is 8.42 Å². The third kappa shape index (κ3) is 4.64. The van der Waals surface area contributed by atoms with E-state index in [9.17, 15) is 13.2 Å². The Morgan fingerprint density at radius 1 is 1.04 bits per heavy atom. The molecular weight excluding hydrogens is 312 g/mol. The smallest absolute Gasteiger partial charge is 0.241 e. The van der Waals surface area contributed by atoms with Gasteiger partial charge < -0.3 is 5.32 Å². The van der Waals surface area contributed by atoms with Gasteiger partial charge >= 0.3 is 0 Å². The lowest BCUT2D eigenvalue weighted by Crippen LogP contribution is -2.46. The van der Waals surface area contributed by atoms with Crippen LogP contribution in [0.15, 0.2) is 59.5 Å². The average Bonchev–Trinajstić information content (AvgIpc) is 2.54. The minimum Gasteiger partial charge on any atom is -0.358 e. The fraction of sp³-hybridized carbons (Fsp3) is 0.235. The Hall–Kier alpha value is -2.18. The number of hydrogen-bond donors (Lipinski definition) is 2. The average molecular weight is 332 g/mol. The first-order valence-electron chi connectivity index (χ1n) is 7.27. The van der Waals surface area contributed by atoms with Crippen molar-refractivity contribution in [3.8, 4) is 0 Å². The Kier molecular flexibility index (Phi) is 5.52. The highest BCUT2D eigenvalue weighted by Crippen LogP contribution is 2.12. The summed E-state index contributed by atoms with van der Waals surface area (Å²) in [5.74, 6) is -0.371. The van der Waals surface area contributed by atoms with Crippen molar-refractivity contribution in [3.05, 3.63) is 65.7 Å². The monoisotopic (exact) mass is 332 g/mol. The van der Waals surface area contributed by atoms with E-state index in [0.29, 0.717) is 0 Å². The second-order valence-electron chi connectivity index (χ2n) is 5.29. The molecule has 0 saturated heterocycles. The molecule has 0 bridgehead atoms. The van der Waals surface area contributed by atoms with Gasteiger partial charge in [0.15, 0.2) is 0 Å². The summed E-state index contributed by atoms with van der Waals surface area (Å²) >= 11 is 0. The van der Waals surface area contributed by atoms with Crippen LogP contribution in [0.5, 0.6) is 0 Å². The molecule has 0 radical (unpaired) electrons. The Bertz CT molecular complexity index is 756. The molecule has 2 rings (SSSR count). The number of nitrogens with one attached hydrogen (secondary N) is 2. The predicted molar refractivity (Wildman–Crippen MR) is 89.5 cm³/mol. The molecule has 0 saturated carbocycles. The number of aryl methyl sites for hydroxylation is 1. The highest BCUT2D eigenvalue weighted by molar-refractivity contribution is 7.89. The van der Waals surface area contributed by atoms with Crippen molar-refractivity contribution in [2.75, 3.05) is 7.05 Å².